The van der Waals surface area contributed by atoms with E-state index in [4.69, 9.17) is 0 Å². The van der Waals surface area contributed by atoms with Crippen molar-refractivity contribution in [2.24, 2.45) is 0 Å². The van der Waals surface area contributed by atoms with Crippen LogP contribution in [-0.4, -0.2) is 34.4 Å². The fraction of sp³-hybridized carbons (Fsp3) is 0.316. The van der Waals surface area contributed by atoms with Gasteiger partial charge in [0.1, 0.15) is 0 Å². The molecule has 3 rings (SSSR count). The van der Waals surface area contributed by atoms with E-state index in [9.17, 15) is 13.2 Å². The molecule has 0 aliphatic carbocycles. The molecule has 0 bridgehead atoms. The molecule has 1 unspecified atom stereocenters. The smallest absolute Gasteiger partial charge is 0.239 e. The summed E-state index contributed by atoms with van der Waals surface area (Å²) in [4.78, 5) is 12.3. The molecule has 0 saturated carbocycles. The first-order chi connectivity index (χ1) is 12.5. The summed E-state index contributed by atoms with van der Waals surface area (Å²) in [5, 5.41) is 0.843. The lowest BCUT2D eigenvalue weighted by Gasteiger charge is -2.11. The molecule has 0 amide bonds. The Bertz CT molecular complexity index is 844. The topological polar surface area (TPSA) is 41.6 Å². The number of nitrogens with zero attached hydrogens (tertiary/aromatic N) is 2. The molecular weight excluding hydrogens is 359 g/mol. The molecule has 1 aromatic carbocycles. The number of H-pyrrole nitrogens is 1. The molecule has 0 fully saturated rings. The highest BCUT2D eigenvalue weighted by molar-refractivity contribution is 8.13. The number of hydrogen-bond donors (Lipinski definition) is 1. The molecule has 0 aliphatic heterocycles. The molecule has 0 radical (unpaired) electrons. The molecule has 1 atom stereocenters. The second-order valence-electron chi connectivity index (χ2n) is 5.67. The lowest BCUT2D eigenvalue weighted by atomic mass is 10.0. The van der Waals surface area contributed by atoms with Crippen molar-refractivity contribution in [1.82, 2.24) is 15.0 Å². The summed E-state index contributed by atoms with van der Waals surface area (Å²) in [6.45, 7) is 1.94. The van der Waals surface area contributed by atoms with Gasteiger partial charge in [-0.15, -0.1) is 10.5 Å². The molecule has 0 spiro atoms. The summed E-state index contributed by atoms with van der Waals surface area (Å²) >= 11 is 0. The van der Waals surface area contributed by atoms with E-state index < -0.39 is 6.43 Å². The van der Waals surface area contributed by atoms with Crippen molar-refractivity contribution < 1.29 is 13.2 Å². The number of aromatic nitrogens is 3. The van der Waals surface area contributed by atoms with Crippen LogP contribution in [0.1, 0.15) is 23.2 Å². The quantitative estimate of drug-likeness (QED) is 0.588. The van der Waals surface area contributed by atoms with Crippen LogP contribution >= 0.6 is 10.5 Å². The van der Waals surface area contributed by atoms with E-state index >= 15 is 0 Å². The summed E-state index contributed by atoms with van der Waals surface area (Å²) in [5.74, 6) is 4.86. The summed E-state index contributed by atoms with van der Waals surface area (Å²) in [6.07, 6.45) is -0.337. The molecule has 0 aliphatic rings. The fourth-order valence-corrected chi connectivity index (χ4v) is 3.84. The Balaban J connectivity index is 0.00000117. The number of nitrogens with one attached hydrogen (secondary N) is 1. The Morgan fingerprint density at radius 2 is 1.92 bits per heavy atom. The first kappa shape index (κ1) is 20.2. The number of rotatable bonds is 6. The third-order valence-electron chi connectivity index (χ3n) is 4.00. The van der Waals surface area contributed by atoms with Crippen LogP contribution in [0.2, 0.25) is 0 Å². The van der Waals surface area contributed by atoms with Crippen LogP contribution in [0.25, 0.3) is 11.0 Å². The van der Waals surface area contributed by atoms with Crippen molar-refractivity contribution >= 4 is 27.4 Å². The largest absolute Gasteiger partial charge is 0.333 e. The fourth-order valence-electron chi connectivity index (χ4n) is 2.60. The Kier molecular flexibility index (Phi) is 7.38. The van der Waals surface area contributed by atoms with Crippen molar-refractivity contribution in [2.75, 3.05) is 7.18 Å². The van der Waals surface area contributed by atoms with E-state index in [1.54, 1.807) is 6.20 Å². The van der Waals surface area contributed by atoms with Gasteiger partial charge < -0.3 is 4.98 Å². The van der Waals surface area contributed by atoms with E-state index in [1.807, 2.05) is 37.3 Å². The highest BCUT2D eigenvalue weighted by atomic mass is 32.2. The molecule has 3 nitrogen and oxygen atoms in total. The predicted octanol–water partition coefficient (Wildman–Crippen LogP) is 5.31. The second-order valence-corrected chi connectivity index (χ2v) is 7.33. The van der Waals surface area contributed by atoms with Gasteiger partial charge in [0, 0.05) is 18.4 Å². The maximum absolute atomic E-state index is 12.4. The van der Waals surface area contributed by atoms with Gasteiger partial charge >= 0.3 is 0 Å². The number of benzene rings is 1. The normalized spacial score (nSPS) is 12.1. The van der Waals surface area contributed by atoms with Crippen molar-refractivity contribution in [3.63, 3.8) is 0 Å². The summed E-state index contributed by atoms with van der Waals surface area (Å²) in [6, 6.07) is 9.68. The van der Waals surface area contributed by atoms with Crippen LogP contribution in [0.3, 0.4) is 0 Å². The van der Waals surface area contributed by atoms with Gasteiger partial charge in [0.2, 0.25) is 6.43 Å². The van der Waals surface area contributed by atoms with Crippen molar-refractivity contribution in [2.45, 2.75) is 37.1 Å². The zero-order chi connectivity index (χ0) is 19.1. The first-order valence-electron chi connectivity index (χ1n) is 8.09. The van der Waals surface area contributed by atoms with Gasteiger partial charge in [-0.3, -0.25) is 9.37 Å². The van der Waals surface area contributed by atoms with Crippen LogP contribution < -0.4 is 0 Å². The lowest BCUT2D eigenvalue weighted by molar-refractivity contribution is 0.138. The number of pyridine rings is 1. The molecule has 2 aromatic heterocycles. The molecular formula is C19H22F3N3S. The zero-order valence-corrected chi connectivity index (χ0v) is 15.6. The van der Waals surface area contributed by atoms with Crippen LogP contribution in [0, 0.1) is 6.92 Å². The van der Waals surface area contributed by atoms with Crippen LogP contribution in [0.5, 0.6) is 0 Å². The van der Waals surface area contributed by atoms with Gasteiger partial charge in [-0.25, -0.2) is 13.8 Å². The summed E-state index contributed by atoms with van der Waals surface area (Å²) in [7, 11) is 0.124. The van der Waals surface area contributed by atoms with Gasteiger partial charge in [-0.1, -0.05) is 18.0 Å². The maximum atomic E-state index is 12.4. The van der Waals surface area contributed by atoms with Crippen LogP contribution in [0.15, 0.2) is 41.7 Å². The van der Waals surface area contributed by atoms with Crippen molar-refractivity contribution in [3.05, 3.63) is 53.3 Å². The minimum absolute atomic E-state index is 0.121. The number of aryl methyl sites for hydroxylation is 1. The molecule has 3 aromatic rings. The van der Waals surface area contributed by atoms with Gasteiger partial charge in [-0.05, 0) is 42.7 Å². The van der Waals surface area contributed by atoms with Crippen LogP contribution in [0.4, 0.5) is 13.2 Å². The number of alkyl halides is 3. The van der Waals surface area contributed by atoms with Gasteiger partial charge in [-0.2, -0.15) is 0 Å². The average molecular weight is 381 g/mol. The van der Waals surface area contributed by atoms with E-state index in [1.165, 1.54) is 0 Å². The standard InChI is InChI=1S/C18H19F2N3S.CH3F/c1-12-13(7-8-17(19)20)9-10-21-16(12)11-24(2)18-22-14-5-3-4-6-15(14)23-18;1-2/h3-6,9-10,17H,2,7-8,11H2,1H3,(H,22,23);1H3. The molecule has 7 heteroatoms. The molecule has 1 N–H and O–H groups in total. The predicted molar refractivity (Wildman–Crippen MR) is 103 cm³/mol. The third kappa shape index (κ3) is 4.94. The number of halogens is 3. The maximum Gasteiger partial charge on any atom is 0.239 e. The van der Waals surface area contributed by atoms with E-state index in [-0.39, 0.29) is 16.9 Å². The van der Waals surface area contributed by atoms with E-state index in [0.717, 1.165) is 33.0 Å². The minimum atomic E-state index is -2.28. The monoisotopic (exact) mass is 381 g/mol. The minimum Gasteiger partial charge on any atom is -0.333 e. The average Bonchev–Trinajstić information content (AvgIpc) is 3.08. The van der Waals surface area contributed by atoms with Crippen LogP contribution in [-0.2, 0) is 12.2 Å². The molecule has 26 heavy (non-hydrogen) atoms. The highest BCUT2D eigenvalue weighted by Gasteiger charge is 2.11. The van der Waals surface area contributed by atoms with E-state index in [2.05, 4.69) is 20.8 Å². The SMILES string of the molecule is C=S(Cc1nccc(CCC(F)F)c1C)c1nc2ccccc2[nH]1.CF. The second kappa shape index (κ2) is 9.52. The Morgan fingerprint density at radius 1 is 1.19 bits per heavy atom. The van der Waals surface area contributed by atoms with Gasteiger partial charge in [0.05, 0.1) is 23.9 Å². The number of hydrogen-bond acceptors (Lipinski definition) is 2. The highest BCUT2D eigenvalue weighted by Crippen LogP contribution is 2.29. The van der Waals surface area contributed by atoms with E-state index in [0.29, 0.717) is 19.4 Å². The Labute approximate surface area is 153 Å². The molecule has 0 saturated heterocycles. The third-order valence-corrected chi connectivity index (χ3v) is 5.37. The zero-order valence-electron chi connectivity index (χ0n) is 14.8. The Morgan fingerprint density at radius 3 is 2.62 bits per heavy atom. The van der Waals surface area contributed by atoms with Crippen molar-refractivity contribution in [3.8, 4) is 0 Å². The number of aromatic amines is 1. The number of fused-ring (bicyclic) bond motifs is 1. The number of imidazole rings is 1. The lowest BCUT2D eigenvalue weighted by Crippen LogP contribution is -2.01. The number of para-hydroxylation sites is 2. The molecule has 2 heterocycles. The summed E-state index contributed by atoms with van der Waals surface area (Å²) in [5.41, 5.74) is 4.73. The van der Waals surface area contributed by atoms with Gasteiger partial charge in [0.25, 0.3) is 0 Å². The molecule has 140 valence electrons. The van der Waals surface area contributed by atoms with Gasteiger partial charge in [0.15, 0.2) is 5.16 Å². The first-order valence-corrected chi connectivity index (χ1v) is 9.65. The van der Waals surface area contributed by atoms with Crippen molar-refractivity contribution in [1.29, 1.82) is 0 Å². The summed E-state index contributed by atoms with van der Waals surface area (Å²) < 4.78 is 34.4. The Hall–Kier alpha value is -2.15.